The Bertz CT molecular complexity index is 324. The maximum atomic E-state index is 5.59. The van der Waals surface area contributed by atoms with Crippen LogP contribution in [-0.4, -0.2) is 32.5 Å². The van der Waals surface area contributed by atoms with Crippen molar-refractivity contribution in [3.63, 3.8) is 0 Å². The molecule has 1 fully saturated rings. The Morgan fingerprint density at radius 3 is 3.06 bits per heavy atom. The van der Waals surface area contributed by atoms with Gasteiger partial charge in [-0.25, -0.2) is 0 Å². The van der Waals surface area contributed by atoms with Crippen LogP contribution < -0.4 is 4.74 Å². The van der Waals surface area contributed by atoms with Crippen LogP contribution in [0.15, 0.2) is 28.7 Å². The first-order valence-corrected chi connectivity index (χ1v) is 6.21. The molecule has 2 rings (SSSR count). The summed E-state index contributed by atoms with van der Waals surface area (Å²) in [7, 11) is 0. The van der Waals surface area contributed by atoms with Crippen molar-refractivity contribution in [2.75, 3.05) is 26.4 Å². The van der Waals surface area contributed by atoms with Crippen LogP contribution in [0.3, 0.4) is 0 Å². The lowest BCUT2D eigenvalue weighted by molar-refractivity contribution is 0.0265. The molecule has 1 aromatic carbocycles. The molecule has 0 aromatic heterocycles. The molecule has 0 bridgehead atoms. The number of rotatable bonds is 5. The van der Waals surface area contributed by atoms with E-state index in [1.54, 1.807) is 0 Å². The molecule has 1 aliphatic heterocycles. The van der Waals surface area contributed by atoms with Crippen molar-refractivity contribution in [2.24, 2.45) is 0 Å². The summed E-state index contributed by atoms with van der Waals surface area (Å²) >= 11 is 3.40. The predicted molar refractivity (Wildman–Crippen MR) is 64.8 cm³/mol. The average Bonchev–Trinajstić information content (AvgIpc) is 2.77. The predicted octanol–water partition coefficient (Wildman–Crippen LogP) is 2.63. The highest BCUT2D eigenvalue weighted by Gasteiger charge is 2.15. The van der Waals surface area contributed by atoms with Crippen molar-refractivity contribution in [1.82, 2.24) is 0 Å². The normalized spacial score (nSPS) is 19.9. The SMILES string of the molecule is Brc1cccc(OCCOC2CCOC2)c1. The summed E-state index contributed by atoms with van der Waals surface area (Å²) in [4.78, 5) is 0. The summed E-state index contributed by atoms with van der Waals surface area (Å²) in [5.74, 6) is 0.862. The first-order chi connectivity index (χ1) is 7.84. The average molecular weight is 287 g/mol. The monoisotopic (exact) mass is 286 g/mol. The number of benzene rings is 1. The van der Waals surface area contributed by atoms with Gasteiger partial charge in [0.2, 0.25) is 0 Å². The molecule has 1 atom stereocenters. The Morgan fingerprint density at radius 2 is 2.31 bits per heavy atom. The van der Waals surface area contributed by atoms with Gasteiger partial charge in [0.1, 0.15) is 12.4 Å². The molecule has 0 aliphatic carbocycles. The topological polar surface area (TPSA) is 27.7 Å². The Kier molecular flexibility index (Phi) is 4.63. The van der Waals surface area contributed by atoms with E-state index >= 15 is 0 Å². The molecule has 0 N–H and O–H groups in total. The number of hydrogen-bond acceptors (Lipinski definition) is 3. The quantitative estimate of drug-likeness (QED) is 0.779. The minimum absolute atomic E-state index is 0.256. The highest BCUT2D eigenvalue weighted by atomic mass is 79.9. The molecule has 0 saturated carbocycles. The van der Waals surface area contributed by atoms with Crippen molar-refractivity contribution in [3.05, 3.63) is 28.7 Å². The lowest BCUT2D eigenvalue weighted by Crippen LogP contribution is -2.16. The summed E-state index contributed by atoms with van der Waals surface area (Å²) in [6.07, 6.45) is 1.25. The molecule has 88 valence electrons. The van der Waals surface area contributed by atoms with E-state index in [4.69, 9.17) is 14.2 Å². The van der Waals surface area contributed by atoms with Gasteiger partial charge in [0.25, 0.3) is 0 Å². The van der Waals surface area contributed by atoms with Crippen LogP contribution in [0.5, 0.6) is 5.75 Å². The number of ether oxygens (including phenoxy) is 3. The smallest absolute Gasteiger partial charge is 0.120 e. The van der Waals surface area contributed by atoms with Gasteiger partial charge in [-0.15, -0.1) is 0 Å². The fraction of sp³-hybridized carbons (Fsp3) is 0.500. The Labute approximate surface area is 104 Å². The van der Waals surface area contributed by atoms with Crippen LogP contribution in [0, 0.1) is 0 Å². The van der Waals surface area contributed by atoms with Gasteiger partial charge in [-0.05, 0) is 24.6 Å². The minimum Gasteiger partial charge on any atom is -0.491 e. The van der Waals surface area contributed by atoms with Crippen LogP contribution in [0.25, 0.3) is 0 Å². The molecular formula is C12H15BrO3. The van der Waals surface area contributed by atoms with Gasteiger partial charge < -0.3 is 14.2 Å². The van der Waals surface area contributed by atoms with Crippen LogP contribution in [0.4, 0.5) is 0 Å². The Balaban J connectivity index is 1.64. The van der Waals surface area contributed by atoms with E-state index in [1.807, 2.05) is 24.3 Å². The first-order valence-electron chi connectivity index (χ1n) is 5.42. The Hall–Kier alpha value is -0.580. The van der Waals surface area contributed by atoms with E-state index in [0.717, 1.165) is 29.9 Å². The van der Waals surface area contributed by atoms with Gasteiger partial charge in [0.05, 0.1) is 19.3 Å². The molecular weight excluding hydrogens is 272 g/mol. The molecule has 1 heterocycles. The molecule has 1 aliphatic rings. The summed E-state index contributed by atoms with van der Waals surface area (Å²) < 4.78 is 17.4. The van der Waals surface area contributed by atoms with Crippen molar-refractivity contribution in [1.29, 1.82) is 0 Å². The molecule has 1 aromatic rings. The zero-order valence-corrected chi connectivity index (χ0v) is 10.6. The Morgan fingerprint density at radius 1 is 1.38 bits per heavy atom. The third kappa shape index (κ3) is 3.77. The zero-order chi connectivity index (χ0) is 11.2. The molecule has 1 saturated heterocycles. The molecule has 1 unspecified atom stereocenters. The van der Waals surface area contributed by atoms with E-state index < -0.39 is 0 Å². The largest absolute Gasteiger partial charge is 0.491 e. The first kappa shape index (κ1) is 11.9. The number of hydrogen-bond donors (Lipinski definition) is 0. The molecule has 4 heteroatoms. The van der Waals surface area contributed by atoms with E-state index in [1.165, 1.54) is 0 Å². The number of halogens is 1. The van der Waals surface area contributed by atoms with Gasteiger partial charge in [-0.3, -0.25) is 0 Å². The van der Waals surface area contributed by atoms with Crippen LogP contribution >= 0.6 is 15.9 Å². The van der Waals surface area contributed by atoms with Crippen molar-refractivity contribution in [3.8, 4) is 5.75 Å². The second kappa shape index (κ2) is 6.23. The van der Waals surface area contributed by atoms with Gasteiger partial charge in [-0.1, -0.05) is 22.0 Å². The van der Waals surface area contributed by atoms with Crippen molar-refractivity contribution >= 4 is 15.9 Å². The van der Waals surface area contributed by atoms with Crippen LogP contribution in [0.1, 0.15) is 6.42 Å². The van der Waals surface area contributed by atoms with Gasteiger partial charge in [0, 0.05) is 11.1 Å². The van der Waals surface area contributed by atoms with Crippen molar-refractivity contribution in [2.45, 2.75) is 12.5 Å². The van der Waals surface area contributed by atoms with Crippen LogP contribution in [0.2, 0.25) is 0 Å². The van der Waals surface area contributed by atoms with E-state index in [-0.39, 0.29) is 6.10 Å². The molecule has 16 heavy (non-hydrogen) atoms. The summed E-state index contributed by atoms with van der Waals surface area (Å²) in [6.45, 7) is 2.72. The summed E-state index contributed by atoms with van der Waals surface area (Å²) in [6, 6.07) is 7.80. The third-order valence-corrected chi connectivity index (χ3v) is 2.88. The third-order valence-electron chi connectivity index (χ3n) is 2.39. The second-order valence-corrected chi connectivity index (χ2v) is 4.58. The second-order valence-electron chi connectivity index (χ2n) is 3.66. The van der Waals surface area contributed by atoms with Gasteiger partial charge >= 0.3 is 0 Å². The van der Waals surface area contributed by atoms with Crippen LogP contribution in [-0.2, 0) is 9.47 Å². The highest BCUT2D eigenvalue weighted by molar-refractivity contribution is 9.10. The fourth-order valence-electron chi connectivity index (χ4n) is 1.58. The highest BCUT2D eigenvalue weighted by Crippen LogP contribution is 2.17. The standard InChI is InChI=1S/C12H15BrO3/c13-10-2-1-3-11(8-10)15-6-7-16-12-4-5-14-9-12/h1-3,8,12H,4-7,9H2. The minimum atomic E-state index is 0.256. The van der Waals surface area contributed by atoms with E-state index in [0.29, 0.717) is 13.2 Å². The molecule has 3 nitrogen and oxygen atoms in total. The van der Waals surface area contributed by atoms with E-state index in [2.05, 4.69) is 15.9 Å². The van der Waals surface area contributed by atoms with E-state index in [9.17, 15) is 0 Å². The summed E-state index contributed by atoms with van der Waals surface area (Å²) in [5, 5.41) is 0. The van der Waals surface area contributed by atoms with Gasteiger partial charge in [0.15, 0.2) is 0 Å². The lowest BCUT2D eigenvalue weighted by atomic mass is 10.3. The molecule has 0 amide bonds. The maximum absolute atomic E-state index is 5.59. The zero-order valence-electron chi connectivity index (χ0n) is 9.02. The summed E-state index contributed by atoms with van der Waals surface area (Å²) in [5.41, 5.74) is 0. The lowest BCUT2D eigenvalue weighted by Gasteiger charge is -2.10. The molecule has 0 spiro atoms. The van der Waals surface area contributed by atoms with Crippen molar-refractivity contribution < 1.29 is 14.2 Å². The van der Waals surface area contributed by atoms with Gasteiger partial charge in [-0.2, -0.15) is 0 Å². The maximum Gasteiger partial charge on any atom is 0.120 e. The molecule has 0 radical (unpaired) electrons. The fourth-order valence-corrected chi connectivity index (χ4v) is 1.95.